The molecule has 0 spiro atoms. The van der Waals surface area contributed by atoms with Crippen LogP contribution in [0, 0.1) is 0 Å². The number of phosphoric acid groups is 1. The van der Waals surface area contributed by atoms with Crippen LogP contribution in [-0.2, 0) is 27.9 Å². The van der Waals surface area contributed by atoms with Gasteiger partial charge in [-0.15, -0.1) is 0 Å². The Kier molecular flexibility index (Phi) is 35.3. The van der Waals surface area contributed by atoms with Crippen molar-refractivity contribution in [2.24, 2.45) is 5.73 Å². The molecule has 0 saturated heterocycles. The van der Waals surface area contributed by atoms with Gasteiger partial charge in [0.2, 0.25) is 0 Å². The van der Waals surface area contributed by atoms with Crippen molar-refractivity contribution in [1.29, 1.82) is 0 Å². The molecule has 0 aliphatic carbocycles. The summed E-state index contributed by atoms with van der Waals surface area (Å²) in [6.45, 7) is 4.13. The first-order valence-electron chi connectivity index (χ1n) is 19.2. The molecule has 0 radical (unpaired) electrons. The highest BCUT2D eigenvalue weighted by Crippen LogP contribution is 2.43. The minimum Gasteiger partial charge on any atom is -0.492 e. The second-order valence-electron chi connectivity index (χ2n) is 12.5. The van der Waals surface area contributed by atoms with Gasteiger partial charge in [0.1, 0.15) is 6.61 Å². The van der Waals surface area contributed by atoms with Gasteiger partial charge in [0, 0.05) is 13.0 Å². The van der Waals surface area contributed by atoms with Crippen LogP contribution >= 0.6 is 7.82 Å². The van der Waals surface area contributed by atoms with Crippen LogP contribution in [0.2, 0.25) is 0 Å². The summed E-state index contributed by atoms with van der Waals surface area (Å²) >= 11 is 0. The fraction of sp³-hybridized carbons (Fsp3) is 0.769. The van der Waals surface area contributed by atoms with E-state index in [1.54, 1.807) is 6.26 Å². The minimum atomic E-state index is -4.27. The first-order chi connectivity index (χ1) is 23.4. The van der Waals surface area contributed by atoms with Crippen LogP contribution < -0.4 is 5.73 Å². The molecular weight excluding hydrogens is 625 g/mol. The van der Waals surface area contributed by atoms with Crippen molar-refractivity contribution in [1.82, 2.24) is 0 Å². The van der Waals surface area contributed by atoms with Gasteiger partial charge in [-0.05, 0) is 63.9 Å². The lowest BCUT2D eigenvalue weighted by atomic mass is 10.0. The van der Waals surface area contributed by atoms with Gasteiger partial charge >= 0.3 is 13.8 Å². The second-order valence-corrected chi connectivity index (χ2v) is 14.0. The third-order valence-corrected chi connectivity index (χ3v) is 8.82. The molecule has 0 heterocycles. The van der Waals surface area contributed by atoms with Crippen molar-refractivity contribution in [3.63, 3.8) is 0 Å². The third kappa shape index (κ3) is 35.6. The van der Waals surface area contributed by atoms with Crippen molar-refractivity contribution in [2.75, 3.05) is 26.4 Å². The van der Waals surface area contributed by atoms with E-state index in [1.807, 2.05) is 6.08 Å². The average Bonchev–Trinajstić information content (AvgIpc) is 3.08. The molecule has 0 aromatic carbocycles. The second kappa shape index (κ2) is 36.6. The first kappa shape index (κ1) is 46.3. The zero-order valence-electron chi connectivity index (χ0n) is 30.7. The summed E-state index contributed by atoms with van der Waals surface area (Å²) in [5.41, 5.74) is 5.35. The molecule has 0 aliphatic rings. The van der Waals surface area contributed by atoms with Gasteiger partial charge in [0.05, 0.1) is 19.5 Å². The Hall–Kier alpha value is -1.70. The fourth-order valence-corrected chi connectivity index (χ4v) is 5.69. The van der Waals surface area contributed by atoms with E-state index in [4.69, 9.17) is 24.3 Å². The average molecular weight is 698 g/mol. The molecule has 0 fully saturated rings. The molecule has 8 nitrogen and oxygen atoms in total. The molecule has 0 aromatic rings. The minimum absolute atomic E-state index is 0.0845. The highest BCUT2D eigenvalue weighted by atomic mass is 31.2. The fourth-order valence-electron chi connectivity index (χ4n) is 4.93. The summed E-state index contributed by atoms with van der Waals surface area (Å²) in [5.74, 6) is -0.328. The third-order valence-electron chi connectivity index (χ3n) is 7.84. The molecule has 1 unspecified atom stereocenters. The van der Waals surface area contributed by atoms with E-state index in [2.05, 4.69) is 50.3 Å². The highest BCUT2D eigenvalue weighted by molar-refractivity contribution is 7.47. The molecule has 0 aromatic heterocycles. The summed E-state index contributed by atoms with van der Waals surface area (Å²) < 4.78 is 33.0. The van der Waals surface area contributed by atoms with E-state index >= 15 is 0 Å². The quantitative estimate of drug-likeness (QED) is 0.0218. The molecule has 0 bridgehead atoms. The van der Waals surface area contributed by atoms with Gasteiger partial charge in [-0.2, -0.15) is 0 Å². The predicted molar refractivity (Wildman–Crippen MR) is 201 cm³/mol. The van der Waals surface area contributed by atoms with Gasteiger partial charge in [-0.1, -0.05) is 134 Å². The lowest BCUT2D eigenvalue weighted by Crippen LogP contribution is -2.25. The monoisotopic (exact) mass is 698 g/mol. The lowest BCUT2D eigenvalue weighted by molar-refractivity contribution is -0.147. The van der Waals surface area contributed by atoms with Crippen LogP contribution in [0.5, 0.6) is 0 Å². The molecule has 9 heteroatoms. The van der Waals surface area contributed by atoms with E-state index in [0.717, 1.165) is 44.9 Å². The molecule has 0 rings (SSSR count). The standard InChI is InChI=1S/C39H72NO7P/c1-3-5-7-9-11-13-15-17-19-20-22-24-26-28-30-32-39(41)45-36-38(37-47-48(42,43)46-35-33-40)44-34-31-29-27-25-23-21-18-16-14-12-10-8-6-4-2/h11,13,17,19,22,24,31,34,38H,3-10,12,14-16,18,20-21,23,25-30,32-33,35-37,40H2,1-2H3,(H,42,43)/b13-11-,19-17-,24-22-,34-31-/t38-/m1/s1. The van der Waals surface area contributed by atoms with Crippen LogP contribution in [0.15, 0.2) is 48.8 Å². The van der Waals surface area contributed by atoms with E-state index < -0.39 is 13.9 Å². The van der Waals surface area contributed by atoms with E-state index in [1.165, 1.54) is 96.3 Å². The predicted octanol–water partition coefficient (Wildman–Crippen LogP) is 11.2. The number of carbonyl (C=O) groups excluding carboxylic acids is 1. The normalized spacial score (nSPS) is 14.1. The van der Waals surface area contributed by atoms with Crippen LogP contribution in [0.25, 0.3) is 0 Å². The van der Waals surface area contributed by atoms with E-state index in [9.17, 15) is 14.3 Å². The van der Waals surface area contributed by atoms with Crippen LogP contribution in [-0.4, -0.2) is 43.3 Å². The van der Waals surface area contributed by atoms with Crippen molar-refractivity contribution >= 4 is 13.8 Å². The number of phosphoric ester groups is 1. The van der Waals surface area contributed by atoms with Crippen molar-refractivity contribution in [2.45, 2.75) is 168 Å². The number of nitrogens with two attached hydrogens (primary N) is 1. The van der Waals surface area contributed by atoms with Gasteiger partial charge in [-0.3, -0.25) is 13.8 Å². The maximum absolute atomic E-state index is 12.3. The van der Waals surface area contributed by atoms with Crippen molar-refractivity contribution in [3.8, 4) is 0 Å². The van der Waals surface area contributed by atoms with Gasteiger partial charge < -0.3 is 20.1 Å². The number of rotatable bonds is 36. The Morgan fingerprint density at radius 1 is 0.646 bits per heavy atom. The van der Waals surface area contributed by atoms with Crippen LogP contribution in [0.3, 0.4) is 0 Å². The Morgan fingerprint density at radius 3 is 1.71 bits per heavy atom. The highest BCUT2D eigenvalue weighted by Gasteiger charge is 2.24. The Morgan fingerprint density at radius 2 is 1.12 bits per heavy atom. The number of ether oxygens (including phenoxy) is 2. The molecule has 48 heavy (non-hydrogen) atoms. The van der Waals surface area contributed by atoms with E-state index in [0.29, 0.717) is 6.42 Å². The number of unbranched alkanes of at least 4 members (excludes halogenated alkanes) is 17. The molecule has 0 amide bonds. The topological polar surface area (TPSA) is 117 Å². The molecule has 0 aliphatic heterocycles. The largest absolute Gasteiger partial charge is 0.492 e. The zero-order chi connectivity index (χ0) is 35.2. The number of allylic oxidation sites excluding steroid dienone is 7. The lowest BCUT2D eigenvalue weighted by Gasteiger charge is -2.19. The molecule has 0 saturated carbocycles. The summed E-state index contributed by atoms with van der Waals surface area (Å²) in [7, 11) is -4.27. The Bertz CT molecular complexity index is 874. The maximum atomic E-state index is 12.3. The van der Waals surface area contributed by atoms with Gasteiger partial charge in [0.15, 0.2) is 6.10 Å². The molecule has 2 atom stereocenters. The molecule has 3 N–H and O–H groups in total. The SMILES string of the molecule is CCCCC/C=C\C/C=C\C/C=C\CCCCC(=O)OC[C@H](COP(=O)(O)OCCN)O/C=C\CCCCCCCCCCCCCC. The number of hydrogen-bond acceptors (Lipinski definition) is 7. The number of hydrogen-bond donors (Lipinski definition) is 2. The molecule has 280 valence electrons. The summed E-state index contributed by atoms with van der Waals surface area (Å²) in [6.07, 6.45) is 42.2. The summed E-state index contributed by atoms with van der Waals surface area (Å²) in [5, 5.41) is 0. The smallest absolute Gasteiger partial charge is 0.472 e. The molecular formula is C39H72NO7P. The van der Waals surface area contributed by atoms with Crippen LogP contribution in [0.4, 0.5) is 0 Å². The number of esters is 1. The van der Waals surface area contributed by atoms with Crippen LogP contribution in [0.1, 0.15) is 162 Å². The van der Waals surface area contributed by atoms with Gasteiger partial charge in [-0.25, -0.2) is 4.57 Å². The Balaban J connectivity index is 4.22. The number of carbonyl (C=O) groups is 1. The van der Waals surface area contributed by atoms with Crippen molar-refractivity contribution in [3.05, 3.63) is 48.8 Å². The first-order valence-corrected chi connectivity index (χ1v) is 20.7. The maximum Gasteiger partial charge on any atom is 0.472 e. The van der Waals surface area contributed by atoms with Gasteiger partial charge in [0.25, 0.3) is 0 Å². The summed E-state index contributed by atoms with van der Waals surface area (Å²) in [6, 6.07) is 0. The van der Waals surface area contributed by atoms with Crippen molar-refractivity contribution < 1.29 is 32.8 Å². The van der Waals surface area contributed by atoms with E-state index in [-0.39, 0.29) is 32.3 Å². The zero-order valence-corrected chi connectivity index (χ0v) is 31.6. The summed E-state index contributed by atoms with van der Waals surface area (Å²) in [4.78, 5) is 22.2. The Labute approximate surface area is 294 Å².